The molecule has 2 rings (SSSR count). The summed E-state index contributed by atoms with van der Waals surface area (Å²) in [6, 6.07) is 7.21. The SMILES string of the molecule is CC(=O)N[C@@H](C(=O)OCCCCN1CCOCC1)C(C)(C)SC(=O)OCOC(=O)c1ccccc1. The maximum Gasteiger partial charge on any atom is 0.370 e. The number of morpholine rings is 1. The molecule has 1 saturated heterocycles. The Balaban J connectivity index is 1.78. The molecule has 0 aliphatic carbocycles. The summed E-state index contributed by atoms with van der Waals surface area (Å²) in [6.45, 7) is 8.33. The van der Waals surface area contributed by atoms with Crippen LogP contribution in [0.5, 0.6) is 0 Å². The van der Waals surface area contributed by atoms with E-state index in [-0.39, 0.29) is 6.61 Å². The number of unbranched alkanes of at least 4 members (excludes halogenated alkanes) is 1. The molecule has 0 saturated carbocycles. The van der Waals surface area contributed by atoms with Gasteiger partial charge < -0.3 is 24.3 Å². The summed E-state index contributed by atoms with van der Waals surface area (Å²) in [7, 11) is 0. The van der Waals surface area contributed by atoms with Gasteiger partial charge in [-0.3, -0.25) is 9.69 Å². The second kappa shape index (κ2) is 14.7. The third-order valence-corrected chi connectivity index (χ3v) is 6.26. The molecule has 1 aromatic rings. The number of nitrogens with zero attached hydrogens (tertiary/aromatic N) is 1. The minimum Gasteiger partial charge on any atom is -0.464 e. The van der Waals surface area contributed by atoms with Gasteiger partial charge in [-0.15, -0.1) is 0 Å². The number of carbonyl (C=O) groups excluding carboxylic acids is 4. The van der Waals surface area contributed by atoms with Crippen molar-refractivity contribution in [2.24, 2.45) is 0 Å². The zero-order valence-electron chi connectivity index (χ0n) is 20.4. The van der Waals surface area contributed by atoms with Crippen molar-refractivity contribution in [1.82, 2.24) is 10.2 Å². The lowest BCUT2D eigenvalue weighted by Crippen LogP contribution is -2.53. The molecule has 1 fully saturated rings. The number of thioether (sulfide) groups is 1. The van der Waals surface area contributed by atoms with Crippen molar-refractivity contribution in [3.05, 3.63) is 35.9 Å². The number of ether oxygens (including phenoxy) is 4. The van der Waals surface area contributed by atoms with Gasteiger partial charge >= 0.3 is 17.2 Å². The minimum atomic E-state index is -1.09. The summed E-state index contributed by atoms with van der Waals surface area (Å²) in [5, 5.41) is 1.80. The van der Waals surface area contributed by atoms with Crippen LogP contribution < -0.4 is 5.32 Å². The molecule has 0 bridgehead atoms. The summed E-state index contributed by atoms with van der Waals surface area (Å²) < 4.78 is 19.5. The molecule has 1 aliphatic rings. The Bertz CT molecular complexity index is 843. The van der Waals surface area contributed by atoms with Gasteiger partial charge in [-0.05, 0) is 57.1 Å². The molecule has 1 aromatic carbocycles. The summed E-state index contributed by atoms with van der Waals surface area (Å²) >= 11 is 0.704. The molecule has 0 unspecified atom stereocenters. The van der Waals surface area contributed by atoms with E-state index in [9.17, 15) is 19.2 Å². The zero-order valence-corrected chi connectivity index (χ0v) is 21.3. The molecule has 0 spiro atoms. The number of amides is 1. The summed E-state index contributed by atoms with van der Waals surface area (Å²) in [5.41, 5.74) is 0.329. The van der Waals surface area contributed by atoms with Gasteiger partial charge in [0.1, 0.15) is 6.04 Å². The Morgan fingerprint density at radius 2 is 1.74 bits per heavy atom. The maximum atomic E-state index is 12.7. The van der Waals surface area contributed by atoms with Gasteiger partial charge in [0.15, 0.2) is 0 Å². The van der Waals surface area contributed by atoms with Gasteiger partial charge in [-0.1, -0.05) is 18.2 Å². The molecule has 1 N–H and O–H groups in total. The standard InChI is InChI=1S/C24H34N2O8S/c1-18(27)25-20(22(29)32-14-8-7-11-26-12-15-31-16-13-26)24(2,3)35-23(30)34-17-33-21(28)19-9-5-4-6-10-19/h4-6,9-10,20H,7-8,11-17H2,1-3H3,(H,25,27)/t20-/m0/s1. The van der Waals surface area contributed by atoms with Crippen LogP contribution >= 0.6 is 11.8 Å². The highest BCUT2D eigenvalue weighted by molar-refractivity contribution is 8.14. The number of carbonyl (C=O) groups is 4. The largest absolute Gasteiger partial charge is 0.464 e. The molecular formula is C24H34N2O8S. The van der Waals surface area contributed by atoms with Crippen LogP contribution in [0.2, 0.25) is 0 Å². The van der Waals surface area contributed by atoms with E-state index in [0.717, 1.165) is 39.3 Å². The van der Waals surface area contributed by atoms with Crippen LogP contribution in [0.25, 0.3) is 0 Å². The first-order valence-electron chi connectivity index (χ1n) is 11.5. The minimum absolute atomic E-state index is 0.208. The van der Waals surface area contributed by atoms with Crippen molar-refractivity contribution < 1.29 is 38.1 Å². The predicted molar refractivity (Wildman–Crippen MR) is 130 cm³/mol. The summed E-state index contributed by atoms with van der Waals surface area (Å²) in [5.74, 6) is -1.69. The van der Waals surface area contributed by atoms with E-state index in [0.29, 0.717) is 23.7 Å². The summed E-state index contributed by atoms with van der Waals surface area (Å²) in [4.78, 5) is 51.0. The van der Waals surface area contributed by atoms with E-state index in [4.69, 9.17) is 18.9 Å². The number of hydrogen-bond acceptors (Lipinski definition) is 10. The number of esters is 2. The molecule has 1 amide bonds. The third kappa shape index (κ3) is 10.7. The predicted octanol–water partition coefficient (Wildman–Crippen LogP) is 2.61. The van der Waals surface area contributed by atoms with Crippen molar-refractivity contribution >= 4 is 34.9 Å². The van der Waals surface area contributed by atoms with Crippen LogP contribution in [-0.2, 0) is 28.5 Å². The van der Waals surface area contributed by atoms with E-state index in [1.807, 2.05) is 0 Å². The van der Waals surface area contributed by atoms with E-state index < -0.39 is 40.7 Å². The monoisotopic (exact) mass is 510 g/mol. The molecule has 1 atom stereocenters. The Morgan fingerprint density at radius 3 is 2.40 bits per heavy atom. The second-order valence-corrected chi connectivity index (χ2v) is 10.1. The Labute approximate surface area is 210 Å². The smallest absolute Gasteiger partial charge is 0.370 e. The van der Waals surface area contributed by atoms with Gasteiger partial charge in [0.2, 0.25) is 12.7 Å². The molecule has 1 heterocycles. The van der Waals surface area contributed by atoms with Crippen molar-refractivity contribution in [1.29, 1.82) is 0 Å². The highest BCUT2D eigenvalue weighted by atomic mass is 32.2. The third-order valence-electron chi connectivity index (χ3n) is 5.22. The molecule has 11 heteroatoms. The quantitative estimate of drug-likeness (QED) is 0.255. The van der Waals surface area contributed by atoms with E-state index >= 15 is 0 Å². The normalized spacial score (nSPS) is 15.1. The number of rotatable bonds is 12. The van der Waals surface area contributed by atoms with Gasteiger partial charge in [-0.2, -0.15) is 0 Å². The van der Waals surface area contributed by atoms with Gasteiger partial charge in [0, 0.05) is 20.0 Å². The van der Waals surface area contributed by atoms with Crippen LogP contribution in [0.1, 0.15) is 44.0 Å². The second-order valence-electron chi connectivity index (χ2n) is 8.48. The van der Waals surface area contributed by atoms with Crippen LogP contribution in [0.15, 0.2) is 30.3 Å². The van der Waals surface area contributed by atoms with Gasteiger partial charge in [0.05, 0.1) is 30.1 Å². The fraction of sp³-hybridized carbons (Fsp3) is 0.583. The fourth-order valence-corrected chi connectivity index (χ4v) is 4.14. The lowest BCUT2D eigenvalue weighted by atomic mass is 10.0. The molecule has 0 radical (unpaired) electrons. The van der Waals surface area contributed by atoms with Gasteiger partial charge in [0.25, 0.3) is 0 Å². The van der Waals surface area contributed by atoms with E-state index in [2.05, 4.69) is 10.2 Å². The molecular weight excluding hydrogens is 476 g/mol. The maximum absolute atomic E-state index is 12.7. The molecule has 10 nitrogen and oxygen atoms in total. The lowest BCUT2D eigenvalue weighted by molar-refractivity contribution is -0.148. The average molecular weight is 511 g/mol. The average Bonchev–Trinajstić information content (AvgIpc) is 2.82. The molecule has 1 aliphatic heterocycles. The number of benzene rings is 1. The lowest BCUT2D eigenvalue weighted by Gasteiger charge is -2.31. The summed E-state index contributed by atoms with van der Waals surface area (Å²) in [6.07, 6.45) is 1.54. The highest BCUT2D eigenvalue weighted by Gasteiger charge is 2.40. The van der Waals surface area contributed by atoms with E-state index in [1.54, 1.807) is 44.2 Å². The fourth-order valence-electron chi connectivity index (χ4n) is 3.33. The van der Waals surface area contributed by atoms with Crippen molar-refractivity contribution in [3.8, 4) is 0 Å². The highest BCUT2D eigenvalue weighted by Crippen LogP contribution is 2.31. The Kier molecular flexibility index (Phi) is 12.0. The topological polar surface area (TPSA) is 120 Å². The molecule has 35 heavy (non-hydrogen) atoms. The van der Waals surface area contributed by atoms with Crippen LogP contribution in [0.3, 0.4) is 0 Å². The first-order chi connectivity index (χ1) is 16.7. The van der Waals surface area contributed by atoms with Gasteiger partial charge in [-0.25, -0.2) is 14.4 Å². The van der Waals surface area contributed by atoms with Crippen LogP contribution in [0.4, 0.5) is 4.79 Å². The van der Waals surface area contributed by atoms with Crippen molar-refractivity contribution in [2.45, 2.75) is 44.4 Å². The van der Waals surface area contributed by atoms with E-state index in [1.165, 1.54) is 6.92 Å². The Morgan fingerprint density at radius 1 is 1.06 bits per heavy atom. The molecule has 0 aromatic heterocycles. The number of hydrogen-bond donors (Lipinski definition) is 1. The first-order valence-corrected chi connectivity index (χ1v) is 12.3. The first kappa shape index (κ1) is 28.6. The van der Waals surface area contributed by atoms with Crippen molar-refractivity contribution in [2.75, 3.05) is 46.2 Å². The Hall–Kier alpha value is -2.63. The van der Waals surface area contributed by atoms with Crippen molar-refractivity contribution in [3.63, 3.8) is 0 Å². The van der Waals surface area contributed by atoms with Crippen LogP contribution in [0, 0.1) is 0 Å². The van der Waals surface area contributed by atoms with Crippen LogP contribution in [-0.4, -0.2) is 85.1 Å². The zero-order chi connectivity index (χ0) is 25.7. The number of nitrogens with one attached hydrogen (secondary N) is 1. The molecule has 194 valence electrons.